The molecule has 0 amide bonds. The fourth-order valence-electron chi connectivity index (χ4n) is 1.90. The second-order valence-electron chi connectivity index (χ2n) is 4.14. The summed E-state index contributed by atoms with van der Waals surface area (Å²) in [6.07, 6.45) is -0.963. The van der Waals surface area contributed by atoms with Crippen LogP contribution < -0.4 is 0 Å². The van der Waals surface area contributed by atoms with E-state index in [2.05, 4.69) is 0 Å². The Morgan fingerprint density at radius 1 is 1.16 bits per heavy atom. The Hall–Kier alpha value is -2.22. The van der Waals surface area contributed by atoms with Crippen LogP contribution in [0.2, 0.25) is 0 Å². The molecule has 0 aliphatic carbocycles. The Labute approximate surface area is 110 Å². The number of nitriles is 1. The van der Waals surface area contributed by atoms with Crippen LogP contribution in [0.25, 0.3) is 0 Å². The number of rotatable bonds is 3. The number of aliphatic hydroxyl groups excluding tert-OH is 2. The average Bonchev–Trinajstić information content (AvgIpc) is 2.46. The molecule has 0 saturated heterocycles. The van der Waals surface area contributed by atoms with Crippen molar-refractivity contribution in [3.8, 4) is 6.07 Å². The van der Waals surface area contributed by atoms with Gasteiger partial charge in [-0.25, -0.2) is 4.39 Å². The van der Waals surface area contributed by atoms with Gasteiger partial charge in [0, 0.05) is 0 Å². The van der Waals surface area contributed by atoms with E-state index in [1.54, 1.807) is 12.1 Å². The quantitative estimate of drug-likeness (QED) is 0.886. The molecule has 1 atom stereocenters. The van der Waals surface area contributed by atoms with Crippen LogP contribution in [-0.2, 0) is 6.61 Å². The number of hydrogen-bond donors (Lipinski definition) is 2. The van der Waals surface area contributed by atoms with Gasteiger partial charge in [-0.3, -0.25) is 0 Å². The van der Waals surface area contributed by atoms with E-state index in [1.165, 1.54) is 30.3 Å². The van der Waals surface area contributed by atoms with Crippen molar-refractivity contribution in [1.29, 1.82) is 5.26 Å². The lowest BCUT2D eigenvalue weighted by molar-refractivity contribution is 0.213. The van der Waals surface area contributed by atoms with Crippen molar-refractivity contribution in [2.24, 2.45) is 0 Å². The molecule has 0 aromatic heterocycles. The first-order valence-corrected chi connectivity index (χ1v) is 5.73. The van der Waals surface area contributed by atoms with Crippen LogP contribution in [0.3, 0.4) is 0 Å². The molecule has 0 spiro atoms. The lowest BCUT2D eigenvalue weighted by Gasteiger charge is -2.15. The molecule has 0 saturated carbocycles. The number of halogens is 1. The van der Waals surface area contributed by atoms with Crippen LogP contribution in [0.1, 0.15) is 28.4 Å². The minimum atomic E-state index is -0.963. The minimum absolute atomic E-state index is 0.275. The first kappa shape index (κ1) is 13.2. The molecular weight excluding hydrogens is 245 g/mol. The van der Waals surface area contributed by atoms with Crippen molar-refractivity contribution < 1.29 is 14.6 Å². The first-order chi connectivity index (χ1) is 9.15. The largest absolute Gasteiger partial charge is 0.392 e. The molecule has 0 bridgehead atoms. The van der Waals surface area contributed by atoms with E-state index in [9.17, 15) is 14.6 Å². The van der Waals surface area contributed by atoms with Crippen molar-refractivity contribution in [2.45, 2.75) is 12.7 Å². The molecule has 0 unspecified atom stereocenters. The van der Waals surface area contributed by atoms with E-state index in [-0.39, 0.29) is 12.4 Å². The fourth-order valence-corrected chi connectivity index (χ4v) is 1.90. The van der Waals surface area contributed by atoms with Crippen LogP contribution in [0.4, 0.5) is 4.39 Å². The number of nitrogens with zero attached hydrogens (tertiary/aromatic N) is 1. The Bertz CT molecular complexity index is 617. The molecule has 2 aromatic carbocycles. The van der Waals surface area contributed by atoms with Gasteiger partial charge in [-0.2, -0.15) is 5.26 Å². The third kappa shape index (κ3) is 2.79. The third-order valence-electron chi connectivity index (χ3n) is 2.92. The van der Waals surface area contributed by atoms with Gasteiger partial charge in [0.15, 0.2) is 0 Å². The summed E-state index contributed by atoms with van der Waals surface area (Å²) in [4.78, 5) is 0. The van der Waals surface area contributed by atoms with Crippen molar-refractivity contribution >= 4 is 0 Å². The molecule has 96 valence electrons. The van der Waals surface area contributed by atoms with Crippen LogP contribution in [-0.4, -0.2) is 10.2 Å². The van der Waals surface area contributed by atoms with Gasteiger partial charge < -0.3 is 10.2 Å². The zero-order chi connectivity index (χ0) is 13.8. The second kappa shape index (κ2) is 5.61. The predicted octanol–water partition coefficient (Wildman–Crippen LogP) is 2.27. The molecule has 4 heteroatoms. The Balaban J connectivity index is 2.41. The Morgan fingerprint density at radius 2 is 1.84 bits per heavy atom. The van der Waals surface area contributed by atoms with Crippen molar-refractivity contribution in [2.75, 3.05) is 0 Å². The van der Waals surface area contributed by atoms with Gasteiger partial charge >= 0.3 is 0 Å². The van der Waals surface area contributed by atoms with Gasteiger partial charge in [0.05, 0.1) is 18.2 Å². The van der Waals surface area contributed by atoms with Gasteiger partial charge in [0.1, 0.15) is 11.9 Å². The van der Waals surface area contributed by atoms with Crippen LogP contribution >= 0.6 is 0 Å². The second-order valence-corrected chi connectivity index (χ2v) is 4.14. The van der Waals surface area contributed by atoms with Gasteiger partial charge in [-0.1, -0.05) is 18.2 Å². The smallest absolute Gasteiger partial charge is 0.123 e. The van der Waals surface area contributed by atoms with Gasteiger partial charge in [0.25, 0.3) is 0 Å². The maximum absolute atomic E-state index is 12.8. The molecule has 2 rings (SSSR count). The summed E-state index contributed by atoms with van der Waals surface area (Å²) in [5.41, 5.74) is 1.93. The topological polar surface area (TPSA) is 64.2 Å². The van der Waals surface area contributed by atoms with Crippen LogP contribution in [0.5, 0.6) is 0 Å². The molecule has 19 heavy (non-hydrogen) atoms. The summed E-state index contributed by atoms with van der Waals surface area (Å²) < 4.78 is 12.8. The Morgan fingerprint density at radius 3 is 2.42 bits per heavy atom. The first-order valence-electron chi connectivity index (χ1n) is 5.73. The lowest BCUT2D eigenvalue weighted by Crippen LogP contribution is -2.04. The summed E-state index contributed by atoms with van der Waals surface area (Å²) in [7, 11) is 0. The molecule has 0 radical (unpaired) electrons. The zero-order valence-electron chi connectivity index (χ0n) is 10.0. The van der Waals surface area contributed by atoms with E-state index < -0.39 is 6.10 Å². The lowest BCUT2D eigenvalue weighted by atomic mass is 9.95. The molecule has 0 heterocycles. The number of aliphatic hydroxyl groups is 2. The summed E-state index contributed by atoms with van der Waals surface area (Å²) in [6, 6.07) is 12.2. The third-order valence-corrected chi connectivity index (χ3v) is 2.92. The molecular formula is C15H12FNO2. The normalized spacial score (nSPS) is 11.9. The molecule has 2 aromatic rings. The van der Waals surface area contributed by atoms with E-state index in [1.807, 2.05) is 6.07 Å². The minimum Gasteiger partial charge on any atom is -0.392 e. The van der Waals surface area contributed by atoms with Crippen LogP contribution in [0.15, 0.2) is 42.5 Å². The summed E-state index contributed by atoms with van der Waals surface area (Å²) in [5.74, 6) is -0.377. The van der Waals surface area contributed by atoms with Gasteiger partial charge in [-0.05, 0) is 41.0 Å². The summed E-state index contributed by atoms with van der Waals surface area (Å²) >= 11 is 0. The van der Waals surface area contributed by atoms with Crippen molar-refractivity contribution in [3.63, 3.8) is 0 Å². The monoisotopic (exact) mass is 257 g/mol. The summed E-state index contributed by atoms with van der Waals surface area (Å²) in [6.45, 7) is -0.275. The average molecular weight is 257 g/mol. The van der Waals surface area contributed by atoms with Crippen LogP contribution in [0, 0.1) is 17.1 Å². The fraction of sp³-hybridized carbons (Fsp3) is 0.133. The zero-order valence-corrected chi connectivity index (χ0v) is 10.0. The van der Waals surface area contributed by atoms with Crippen molar-refractivity contribution in [1.82, 2.24) is 0 Å². The summed E-state index contributed by atoms with van der Waals surface area (Å²) in [5, 5.41) is 28.3. The van der Waals surface area contributed by atoms with E-state index in [0.29, 0.717) is 22.3 Å². The maximum atomic E-state index is 12.8. The molecule has 3 nitrogen and oxygen atoms in total. The molecule has 2 N–H and O–H groups in total. The number of benzene rings is 2. The van der Waals surface area contributed by atoms with Gasteiger partial charge in [0.2, 0.25) is 0 Å². The predicted molar refractivity (Wildman–Crippen MR) is 67.5 cm³/mol. The van der Waals surface area contributed by atoms with E-state index >= 15 is 0 Å². The Kier molecular flexibility index (Phi) is 3.91. The highest BCUT2D eigenvalue weighted by Crippen LogP contribution is 2.26. The highest BCUT2D eigenvalue weighted by atomic mass is 19.1. The number of hydrogen-bond acceptors (Lipinski definition) is 3. The molecule has 0 aliphatic heterocycles. The van der Waals surface area contributed by atoms with Crippen molar-refractivity contribution in [3.05, 3.63) is 70.5 Å². The molecule has 0 aliphatic rings. The molecule has 0 fully saturated rings. The maximum Gasteiger partial charge on any atom is 0.123 e. The highest BCUT2D eigenvalue weighted by molar-refractivity contribution is 5.42. The highest BCUT2D eigenvalue weighted by Gasteiger charge is 2.14. The SMILES string of the molecule is N#Cc1ccc([C@H](O)c2ccc(F)cc2)c(CO)c1. The van der Waals surface area contributed by atoms with Gasteiger partial charge in [-0.15, -0.1) is 0 Å². The standard InChI is InChI=1S/C15H12FNO2/c16-13-4-2-11(3-5-13)15(19)14-6-1-10(8-17)7-12(14)9-18/h1-7,15,18-19H,9H2/t15-/m1/s1. The van der Waals surface area contributed by atoms with E-state index in [4.69, 9.17) is 5.26 Å². The van der Waals surface area contributed by atoms with E-state index in [0.717, 1.165) is 0 Å².